The van der Waals surface area contributed by atoms with E-state index in [-0.39, 0.29) is 6.54 Å². The first-order valence-corrected chi connectivity index (χ1v) is 5.31. The number of hydrogen-bond acceptors (Lipinski definition) is 4. The average molecular weight is 248 g/mol. The minimum Gasteiger partial charge on any atom is -0.289 e. The number of nitrogens with one attached hydrogen (secondary N) is 1. The number of rotatable bonds is 4. The zero-order valence-corrected chi connectivity index (χ0v) is 10.2. The van der Waals surface area contributed by atoms with E-state index in [1.165, 1.54) is 11.9 Å². The fourth-order valence-electron chi connectivity index (χ4n) is 1.41. The Morgan fingerprint density at radius 3 is 2.33 bits per heavy atom. The minimum atomic E-state index is -0.625. The summed E-state index contributed by atoms with van der Waals surface area (Å²) in [4.78, 5) is 34.6. The van der Waals surface area contributed by atoms with Gasteiger partial charge in [-0.2, -0.15) is 0 Å². The van der Waals surface area contributed by atoms with Crippen molar-refractivity contribution in [2.75, 3.05) is 18.6 Å². The van der Waals surface area contributed by atoms with Crippen molar-refractivity contribution in [2.24, 2.45) is 0 Å². The van der Waals surface area contributed by atoms with E-state index in [4.69, 9.17) is 0 Å². The zero-order chi connectivity index (χ0) is 13.5. The van der Waals surface area contributed by atoms with Gasteiger partial charge in [0.2, 0.25) is 12.2 Å². The number of hydrazine groups is 1. The first-order valence-electron chi connectivity index (χ1n) is 5.31. The van der Waals surface area contributed by atoms with Crippen molar-refractivity contribution in [1.82, 2.24) is 10.3 Å². The zero-order valence-electron chi connectivity index (χ0n) is 10.2. The van der Waals surface area contributed by atoms with Crippen LogP contribution in [0.4, 0.5) is 10.5 Å². The number of amides is 3. The van der Waals surface area contributed by atoms with Gasteiger partial charge < -0.3 is 0 Å². The molecule has 0 bridgehead atoms. The molecule has 1 radical (unpaired) electrons. The molecule has 3 amide bonds. The molecule has 0 aliphatic rings. The number of para-hydroxylation sites is 1. The third-order valence-corrected chi connectivity index (χ3v) is 2.26. The van der Waals surface area contributed by atoms with Gasteiger partial charge in [-0.3, -0.25) is 14.5 Å². The molecule has 0 fully saturated rings. The number of hydrogen-bond donors (Lipinski definition) is 1. The Bertz CT molecular complexity index is 433. The number of carbonyl (C=O) groups is 2. The van der Waals surface area contributed by atoms with E-state index in [1.54, 1.807) is 37.6 Å². The van der Waals surface area contributed by atoms with Gasteiger partial charge in [0.15, 0.2) is 0 Å². The summed E-state index contributed by atoms with van der Waals surface area (Å²) in [6, 6.07) is 8.12. The van der Waals surface area contributed by atoms with Crippen molar-refractivity contribution in [3.63, 3.8) is 0 Å². The van der Waals surface area contributed by atoms with Gasteiger partial charge in [0.05, 0.1) is 12.2 Å². The molecule has 1 rings (SSSR count). The van der Waals surface area contributed by atoms with Crippen LogP contribution in [0.2, 0.25) is 0 Å². The highest BCUT2D eigenvalue weighted by molar-refractivity contribution is 6.02. The van der Waals surface area contributed by atoms with Crippen LogP contribution in [0.1, 0.15) is 6.92 Å². The van der Waals surface area contributed by atoms with Gasteiger partial charge in [-0.1, -0.05) is 18.2 Å². The van der Waals surface area contributed by atoms with Crippen molar-refractivity contribution in [2.45, 2.75) is 6.92 Å². The Morgan fingerprint density at radius 2 is 1.89 bits per heavy atom. The largest absolute Gasteiger partial charge is 0.346 e. The number of anilines is 1. The number of nitrogens with zero attached hydrogens (tertiary/aromatic N) is 2. The van der Waals surface area contributed by atoms with Crippen LogP contribution in [-0.2, 0) is 9.59 Å². The molecule has 1 aromatic rings. The fraction of sp³-hybridized carbons (Fsp3) is 0.250. The Balaban J connectivity index is 2.97. The molecule has 0 saturated heterocycles. The second-order valence-electron chi connectivity index (χ2n) is 3.43. The summed E-state index contributed by atoms with van der Waals surface area (Å²) in [5.74, 6) is -0.514. The Kier molecular flexibility index (Phi) is 5.01. The molecule has 6 nitrogen and oxygen atoms in total. The molecule has 1 N–H and O–H groups in total. The average Bonchev–Trinajstić information content (AvgIpc) is 2.37. The van der Waals surface area contributed by atoms with Crippen LogP contribution in [0.5, 0.6) is 0 Å². The second kappa shape index (κ2) is 6.51. The van der Waals surface area contributed by atoms with Gasteiger partial charge >= 0.3 is 6.03 Å². The molecular formula is C12H14N3O3. The number of imide groups is 1. The summed E-state index contributed by atoms with van der Waals surface area (Å²) in [5.41, 5.74) is 3.24. The topological polar surface area (TPSA) is 69.7 Å². The minimum absolute atomic E-state index is 0.390. The third-order valence-electron chi connectivity index (χ3n) is 2.26. The normalized spacial score (nSPS) is 9.67. The third kappa shape index (κ3) is 3.14. The number of carbonyl (C=O) groups excluding carboxylic acids is 3. The molecule has 0 heterocycles. The van der Waals surface area contributed by atoms with E-state index >= 15 is 0 Å². The summed E-state index contributed by atoms with van der Waals surface area (Å²) in [6.07, 6.45) is 1.54. The molecule has 18 heavy (non-hydrogen) atoms. The highest BCUT2D eigenvalue weighted by atomic mass is 16.2. The predicted molar refractivity (Wildman–Crippen MR) is 66.5 cm³/mol. The van der Waals surface area contributed by atoms with Crippen molar-refractivity contribution in [1.29, 1.82) is 0 Å². The summed E-state index contributed by atoms with van der Waals surface area (Å²) in [7, 11) is 1.55. The molecule has 0 aromatic heterocycles. The highest BCUT2D eigenvalue weighted by Crippen LogP contribution is 2.12. The molecule has 0 aliphatic carbocycles. The smallest absolute Gasteiger partial charge is 0.289 e. The van der Waals surface area contributed by atoms with Crippen molar-refractivity contribution < 1.29 is 14.4 Å². The lowest BCUT2D eigenvalue weighted by atomic mass is 10.3. The van der Waals surface area contributed by atoms with Gasteiger partial charge in [-0.25, -0.2) is 15.2 Å². The van der Waals surface area contributed by atoms with Crippen LogP contribution < -0.4 is 10.4 Å². The lowest BCUT2D eigenvalue weighted by molar-refractivity contribution is -0.125. The monoisotopic (exact) mass is 248 g/mol. The SMILES string of the molecule is CNN(C(=O)N(C[C]=O)C(C)=O)c1ccccc1. The summed E-state index contributed by atoms with van der Waals surface area (Å²) >= 11 is 0. The molecule has 0 atom stereocenters. The van der Waals surface area contributed by atoms with E-state index < -0.39 is 11.9 Å². The standard InChI is InChI=1S/C12H14N3O3/c1-10(17)14(8-9-16)12(18)15(13-2)11-6-4-3-5-7-11/h3-7,13H,8H2,1-2H3. The van der Waals surface area contributed by atoms with Crippen molar-refractivity contribution in [3.05, 3.63) is 30.3 Å². The van der Waals surface area contributed by atoms with Crippen molar-refractivity contribution in [3.8, 4) is 0 Å². The summed E-state index contributed by atoms with van der Waals surface area (Å²) in [6.45, 7) is 0.827. The van der Waals surface area contributed by atoms with Crippen molar-refractivity contribution >= 4 is 23.9 Å². The molecule has 95 valence electrons. The van der Waals surface area contributed by atoms with Crippen LogP contribution in [0, 0.1) is 0 Å². The fourth-order valence-corrected chi connectivity index (χ4v) is 1.41. The molecule has 0 spiro atoms. The van der Waals surface area contributed by atoms with E-state index in [1.807, 2.05) is 6.07 Å². The molecule has 0 aliphatic heterocycles. The number of urea groups is 1. The summed E-state index contributed by atoms with van der Waals surface area (Å²) in [5, 5.41) is 1.18. The maximum atomic E-state index is 12.1. The first-order chi connectivity index (χ1) is 8.61. The maximum Gasteiger partial charge on any atom is 0.346 e. The Labute approximate surface area is 105 Å². The lowest BCUT2D eigenvalue weighted by Crippen LogP contribution is -2.51. The molecule has 1 aromatic carbocycles. The van der Waals surface area contributed by atoms with E-state index in [0.717, 1.165) is 4.90 Å². The Hall–Kier alpha value is -2.21. The molecule has 0 unspecified atom stereocenters. The van der Waals surface area contributed by atoms with Crippen LogP contribution in [0.3, 0.4) is 0 Å². The van der Waals surface area contributed by atoms with Crippen LogP contribution in [-0.4, -0.2) is 36.7 Å². The van der Waals surface area contributed by atoms with Crippen LogP contribution in [0.25, 0.3) is 0 Å². The number of benzene rings is 1. The first kappa shape index (κ1) is 13.9. The van der Waals surface area contributed by atoms with Crippen LogP contribution in [0.15, 0.2) is 30.3 Å². The Morgan fingerprint density at radius 1 is 1.28 bits per heavy atom. The van der Waals surface area contributed by atoms with Gasteiger partial charge in [-0.15, -0.1) is 0 Å². The summed E-state index contributed by atoms with van der Waals surface area (Å²) < 4.78 is 0. The molecule has 6 heteroatoms. The second-order valence-corrected chi connectivity index (χ2v) is 3.43. The van der Waals surface area contributed by atoms with Gasteiger partial charge in [0, 0.05) is 14.0 Å². The van der Waals surface area contributed by atoms with Gasteiger partial charge in [0.25, 0.3) is 0 Å². The van der Waals surface area contributed by atoms with E-state index in [0.29, 0.717) is 5.69 Å². The quantitative estimate of drug-likeness (QED) is 0.796. The van der Waals surface area contributed by atoms with Gasteiger partial charge in [-0.05, 0) is 12.1 Å². The molecule has 0 saturated carbocycles. The maximum absolute atomic E-state index is 12.1. The van der Waals surface area contributed by atoms with E-state index in [9.17, 15) is 14.4 Å². The van der Waals surface area contributed by atoms with E-state index in [2.05, 4.69) is 5.43 Å². The van der Waals surface area contributed by atoms with Crippen LogP contribution >= 0.6 is 0 Å². The lowest BCUT2D eigenvalue weighted by Gasteiger charge is -2.26. The molecular weight excluding hydrogens is 234 g/mol. The highest BCUT2D eigenvalue weighted by Gasteiger charge is 2.24. The van der Waals surface area contributed by atoms with Gasteiger partial charge in [0.1, 0.15) is 0 Å². The predicted octanol–water partition coefficient (Wildman–Crippen LogP) is 0.706.